The van der Waals surface area contributed by atoms with Gasteiger partial charge >= 0.3 is 0 Å². The number of fused-ring (bicyclic) bond motifs is 1. The quantitative estimate of drug-likeness (QED) is 0.696. The van der Waals surface area contributed by atoms with E-state index in [9.17, 15) is 0 Å². The van der Waals surface area contributed by atoms with Crippen LogP contribution in [0.1, 0.15) is 5.56 Å². The molecule has 0 amide bonds. The minimum atomic E-state index is 0.409. The Bertz CT molecular complexity index is 801. The number of nitrogens with zero attached hydrogens (tertiary/aromatic N) is 5. The van der Waals surface area contributed by atoms with E-state index in [0.29, 0.717) is 10.9 Å². The Hall–Kier alpha value is -2.34. The third-order valence-electron chi connectivity index (χ3n) is 3.34. The molecule has 0 unspecified atom stereocenters. The highest BCUT2D eigenvalue weighted by molar-refractivity contribution is 6.30. The number of para-hydroxylation sites is 2. The molecule has 0 aliphatic rings. The summed E-state index contributed by atoms with van der Waals surface area (Å²) in [5.41, 5.74) is 1.73. The maximum atomic E-state index is 6.20. The van der Waals surface area contributed by atoms with Gasteiger partial charge in [-0.25, -0.2) is 0 Å². The van der Waals surface area contributed by atoms with Gasteiger partial charge in [0.05, 0.1) is 12.8 Å². The Kier molecular flexibility index (Phi) is 3.39. The first-order valence-corrected chi connectivity index (χ1v) is 6.74. The van der Waals surface area contributed by atoms with Crippen LogP contribution in [0.25, 0.3) is 5.78 Å². The third-order valence-corrected chi connectivity index (χ3v) is 3.71. The van der Waals surface area contributed by atoms with Crippen LogP contribution in [0.4, 0.5) is 11.5 Å². The molecule has 21 heavy (non-hydrogen) atoms. The van der Waals surface area contributed by atoms with Crippen LogP contribution in [0, 0.1) is 6.92 Å². The van der Waals surface area contributed by atoms with Gasteiger partial charge in [0.1, 0.15) is 23.0 Å². The standard InChI is InChI=1S/C14H14ClN5O/c1-9-12(15)18-14-16-8-17-20(14)13(9)19(2)10-6-4-5-7-11(10)21-3/h4-8H,1-3H3. The summed E-state index contributed by atoms with van der Waals surface area (Å²) in [5.74, 6) is 2.02. The van der Waals surface area contributed by atoms with Gasteiger partial charge in [-0.15, -0.1) is 0 Å². The van der Waals surface area contributed by atoms with E-state index in [0.717, 1.165) is 22.8 Å². The van der Waals surface area contributed by atoms with Crippen molar-refractivity contribution in [2.75, 3.05) is 19.1 Å². The minimum absolute atomic E-state index is 0.409. The summed E-state index contributed by atoms with van der Waals surface area (Å²) in [6.45, 7) is 1.90. The van der Waals surface area contributed by atoms with Crippen LogP contribution in [0.2, 0.25) is 5.15 Å². The molecule has 6 nitrogen and oxygen atoms in total. The summed E-state index contributed by atoms with van der Waals surface area (Å²) in [6, 6.07) is 7.75. The average Bonchev–Trinajstić information content (AvgIpc) is 2.95. The average molecular weight is 304 g/mol. The number of methoxy groups -OCH3 is 1. The van der Waals surface area contributed by atoms with Crippen molar-refractivity contribution in [2.24, 2.45) is 0 Å². The lowest BCUT2D eigenvalue weighted by atomic mass is 10.2. The fourth-order valence-corrected chi connectivity index (χ4v) is 2.46. The molecule has 0 N–H and O–H groups in total. The molecule has 7 heteroatoms. The zero-order chi connectivity index (χ0) is 15.0. The fraction of sp³-hybridized carbons (Fsp3) is 0.214. The van der Waals surface area contributed by atoms with Crippen LogP contribution in [0.15, 0.2) is 30.6 Å². The molecule has 0 aliphatic carbocycles. The number of halogens is 1. The zero-order valence-corrected chi connectivity index (χ0v) is 12.7. The molecule has 108 valence electrons. The van der Waals surface area contributed by atoms with E-state index in [4.69, 9.17) is 16.3 Å². The number of benzene rings is 1. The van der Waals surface area contributed by atoms with E-state index in [2.05, 4.69) is 15.1 Å². The molecular weight excluding hydrogens is 290 g/mol. The lowest BCUT2D eigenvalue weighted by molar-refractivity contribution is 0.415. The van der Waals surface area contributed by atoms with Gasteiger partial charge < -0.3 is 9.64 Å². The van der Waals surface area contributed by atoms with Gasteiger partial charge in [0.25, 0.3) is 5.78 Å². The van der Waals surface area contributed by atoms with E-state index in [-0.39, 0.29) is 0 Å². The maximum Gasteiger partial charge on any atom is 0.255 e. The molecule has 0 spiro atoms. The largest absolute Gasteiger partial charge is 0.495 e. The second kappa shape index (κ2) is 5.21. The summed E-state index contributed by atoms with van der Waals surface area (Å²) in [4.78, 5) is 10.3. The van der Waals surface area contributed by atoms with Crippen LogP contribution in [-0.2, 0) is 0 Å². The number of ether oxygens (including phenoxy) is 1. The second-order valence-electron chi connectivity index (χ2n) is 4.55. The predicted molar refractivity (Wildman–Crippen MR) is 81.6 cm³/mol. The topological polar surface area (TPSA) is 55.5 Å². The summed E-state index contributed by atoms with van der Waals surface area (Å²) in [6.07, 6.45) is 1.46. The first-order valence-electron chi connectivity index (χ1n) is 6.36. The van der Waals surface area contributed by atoms with Crippen molar-refractivity contribution >= 4 is 28.9 Å². The van der Waals surface area contributed by atoms with Gasteiger partial charge in [-0.2, -0.15) is 19.6 Å². The molecule has 1 aromatic carbocycles. The molecule has 2 heterocycles. The molecule has 0 bridgehead atoms. The van der Waals surface area contributed by atoms with Crippen LogP contribution >= 0.6 is 11.6 Å². The van der Waals surface area contributed by atoms with Gasteiger partial charge in [0.2, 0.25) is 0 Å². The molecule has 0 radical (unpaired) electrons. The first kappa shape index (κ1) is 13.6. The van der Waals surface area contributed by atoms with Gasteiger partial charge in [-0.3, -0.25) is 0 Å². The van der Waals surface area contributed by atoms with Crippen LogP contribution in [-0.4, -0.2) is 33.7 Å². The summed E-state index contributed by atoms with van der Waals surface area (Å²) >= 11 is 6.20. The van der Waals surface area contributed by atoms with E-state index < -0.39 is 0 Å². The van der Waals surface area contributed by atoms with Crippen molar-refractivity contribution < 1.29 is 4.74 Å². The molecule has 2 aromatic heterocycles. The lowest BCUT2D eigenvalue weighted by Gasteiger charge is -2.23. The predicted octanol–water partition coefficient (Wildman–Crippen LogP) is 2.86. The Morgan fingerprint density at radius 2 is 2.05 bits per heavy atom. The maximum absolute atomic E-state index is 6.20. The van der Waals surface area contributed by atoms with Crippen molar-refractivity contribution in [3.05, 3.63) is 41.3 Å². The molecule has 0 fully saturated rings. The van der Waals surface area contributed by atoms with Crippen molar-refractivity contribution in [2.45, 2.75) is 6.92 Å². The molecule has 0 saturated heterocycles. The Labute approximate surface area is 127 Å². The Morgan fingerprint density at radius 1 is 1.29 bits per heavy atom. The zero-order valence-electron chi connectivity index (χ0n) is 11.9. The molecular formula is C14H14ClN5O. The van der Waals surface area contributed by atoms with Gasteiger partial charge in [-0.1, -0.05) is 23.7 Å². The number of hydrogen-bond acceptors (Lipinski definition) is 5. The minimum Gasteiger partial charge on any atom is -0.495 e. The van der Waals surface area contributed by atoms with E-state index in [1.165, 1.54) is 6.33 Å². The van der Waals surface area contributed by atoms with Crippen molar-refractivity contribution in [3.63, 3.8) is 0 Å². The van der Waals surface area contributed by atoms with Crippen molar-refractivity contribution in [1.82, 2.24) is 19.6 Å². The number of rotatable bonds is 3. The summed E-state index contributed by atoms with van der Waals surface area (Å²) < 4.78 is 7.08. The molecule has 0 atom stereocenters. The molecule has 3 rings (SSSR count). The van der Waals surface area contributed by atoms with Crippen LogP contribution in [0.3, 0.4) is 0 Å². The number of anilines is 2. The first-order chi connectivity index (χ1) is 10.1. The SMILES string of the molecule is COc1ccccc1N(C)c1c(C)c(Cl)nc2ncnn12. The highest BCUT2D eigenvalue weighted by Gasteiger charge is 2.19. The molecule has 0 aliphatic heterocycles. The molecule has 0 saturated carbocycles. The number of aromatic nitrogens is 4. The van der Waals surface area contributed by atoms with E-state index in [1.807, 2.05) is 43.1 Å². The lowest BCUT2D eigenvalue weighted by Crippen LogP contribution is -2.17. The van der Waals surface area contributed by atoms with Crippen LogP contribution < -0.4 is 9.64 Å². The fourth-order valence-electron chi connectivity index (χ4n) is 2.30. The second-order valence-corrected chi connectivity index (χ2v) is 4.91. The summed E-state index contributed by atoms with van der Waals surface area (Å²) in [7, 11) is 3.57. The smallest absolute Gasteiger partial charge is 0.255 e. The van der Waals surface area contributed by atoms with Gasteiger partial charge in [0, 0.05) is 12.6 Å². The summed E-state index contributed by atoms with van der Waals surface area (Å²) in [5, 5.41) is 4.63. The van der Waals surface area contributed by atoms with E-state index in [1.54, 1.807) is 11.6 Å². The van der Waals surface area contributed by atoms with Crippen LogP contribution in [0.5, 0.6) is 5.75 Å². The Balaban J connectivity index is 2.24. The third kappa shape index (κ3) is 2.17. The Morgan fingerprint density at radius 3 is 2.81 bits per heavy atom. The van der Waals surface area contributed by atoms with E-state index >= 15 is 0 Å². The number of hydrogen-bond donors (Lipinski definition) is 0. The highest BCUT2D eigenvalue weighted by Crippen LogP contribution is 2.35. The van der Waals surface area contributed by atoms with Crippen molar-refractivity contribution in [1.29, 1.82) is 0 Å². The molecule has 3 aromatic rings. The van der Waals surface area contributed by atoms with Gasteiger partial charge in [-0.05, 0) is 19.1 Å². The monoisotopic (exact) mass is 303 g/mol. The van der Waals surface area contributed by atoms with Gasteiger partial charge in [0.15, 0.2) is 0 Å². The highest BCUT2D eigenvalue weighted by atomic mass is 35.5. The van der Waals surface area contributed by atoms with Crippen molar-refractivity contribution in [3.8, 4) is 5.75 Å². The normalized spacial score (nSPS) is 10.9.